The van der Waals surface area contributed by atoms with Crippen LogP contribution in [-0.2, 0) is 13.1 Å². The highest BCUT2D eigenvalue weighted by molar-refractivity contribution is 8.15. The van der Waals surface area contributed by atoms with E-state index in [1.165, 1.54) is 11.8 Å². The lowest BCUT2D eigenvalue weighted by Gasteiger charge is -2.20. The van der Waals surface area contributed by atoms with Gasteiger partial charge in [-0.05, 0) is 0 Å². The molecule has 0 saturated heterocycles. The van der Waals surface area contributed by atoms with Gasteiger partial charge in [0.1, 0.15) is 10.1 Å². The molecule has 8 nitrogen and oxygen atoms in total. The molecular formula is C17H18N6O2S3. The van der Waals surface area contributed by atoms with E-state index in [2.05, 4.69) is 20.6 Å². The summed E-state index contributed by atoms with van der Waals surface area (Å²) in [5, 5.41) is 27.1. The van der Waals surface area contributed by atoms with Crippen LogP contribution in [0.25, 0.3) is 0 Å². The molecular weight excluding hydrogens is 416 g/mol. The van der Waals surface area contributed by atoms with E-state index < -0.39 is 0 Å². The lowest BCUT2D eigenvalue weighted by molar-refractivity contribution is 0.108. The largest absolute Gasteiger partial charge is 0.390 e. The Kier molecular flexibility index (Phi) is 6.35. The summed E-state index contributed by atoms with van der Waals surface area (Å²) in [5.74, 6) is 1.68. The molecule has 0 bridgehead atoms. The van der Waals surface area contributed by atoms with Gasteiger partial charge in [-0.1, -0.05) is 52.5 Å². The standard InChI is InChI=1S/C12H11N3OS2.C5H7N3OS/c16-12(9-4-2-1-3-5-9)18-10-7-15-11(17-8-10)6-13-14-15;9-4-2-8-5(10-3-4)1-6-7-8/h1-6,10H,7-8H2;1,4,9H,2-3H2. The maximum atomic E-state index is 12.1. The number of aromatic nitrogens is 6. The van der Waals surface area contributed by atoms with Crippen molar-refractivity contribution in [1.29, 1.82) is 0 Å². The van der Waals surface area contributed by atoms with Crippen molar-refractivity contribution in [3.8, 4) is 0 Å². The van der Waals surface area contributed by atoms with E-state index in [0.29, 0.717) is 6.54 Å². The van der Waals surface area contributed by atoms with Crippen LogP contribution in [0, 0.1) is 0 Å². The number of nitrogens with zero attached hydrogens (tertiary/aromatic N) is 6. The summed E-state index contributed by atoms with van der Waals surface area (Å²) >= 11 is 4.69. The Labute approximate surface area is 174 Å². The van der Waals surface area contributed by atoms with Gasteiger partial charge in [0.2, 0.25) is 5.12 Å². The minimum atomic E-state index is -0.265. The molecule has 2 aliphatic heterocycles. The summed E-state index contributed by atoms with van der Waals surface area (Å²) in [6, 6.07) is 9.40. The van der Waals surface area contributed by atoms with Gasteiger partial charge >= 0.3 is 0 Å². The van der Waals surface area contributed by atoms with Crippen molar-refractivity contribution >= 4 is 40.4 Å². The van der Waals surface area contributed by atoms with Gasteiger partial charge in [0.05, 0.1) is 31.6 Å². The predicted molar refractivity (Wildman–Crippen MR) is 110 cm³/mol. The highest BCUT2D eigenvalue weighted by Gasteiger charge is 2.23. The number of hydrogen-bond donors (Lipinski definition) is 1. The first kappa shape index (κ1) is 19.5. The molecule has 11 heteroatoms. The van der Waals surface area contributed by atoms with Crippen molar-refractivity contribution in [2.75, 3.05) is 11.5 Å². The molecule has 2 aliphatic rings. The van der Waals surface area contributed by atoms with Gasteiger partial charge in [0.15, 0.2) is 0 Å². The molecule has 3 aromatic rings. The molecule has 2 aromatic heterocycles. The molecule has 4 heterocycles. The summed E-state index contributed by atoms with van der Waals surface area (Å²) in [4.78, 5) is 12.1. The summed E-state index contributed by atoms with van der Waals surface area (Å²) in [7, 11) is 0. The zero-order valence-electron chi connectivity index (χ0n) is 14.8. The van der Waals surface area contributed by atoms with Crippen molar-refractivity contribution in [2.45, 2.75) is 34.5 Å². The molecule has 0 amide bonds. The lowest BCUT2D eigenvalue weighted by Crippen LogP contribution is -2.24. The molecule has 2 atom stereocenters. The number of rotatable bonds is 2. The predicted octanol–water partition coefficient (Wildman–Crippen LogP) is 2.07. The maximum Gasteiger partial charge on any atom is 0.219 e. The molecule has 1 N–H and O–H groups in total. The number of carbonyl (C=O) groups is 1. The van der Waals surface area contributed by atoms with Crippen molar-refractivity contribution in [3.05, 3.63) is 48.3 Å². The number of fused-ring (bicyclic) bond motifs is 2. The molecule has 0 spiro atoms. The first-order valence-corrected chi connectivity index (χ1v) is 11.5. The van der Waals surface area contributed by atoms with Gasteiger partial charge in [0, 0.05) is 22.3 Å². The third kappa shape index (κ3) is 4.77. The van der Waals surface area contributed by atoms with Crippen molar-refractivity contribution in [2.24, 2.45) is 0 Å². The first-order valence-electron chi connectivity index (χ1n) is 8.65. The summed E-state index contributed by atoms with van der Waals surface area (Å²) in [6.45, 7) is 1.34. The fraction of sp³-hybridized carbons (Fsp3) is 0.353. The highest BCUT2D eigenvalue weighted by atomic mass is 32.2. The highest BCUT2D eigenvalue weighted by Crippen LogP contribution is 2.30. The molecule has 0 fully saturated rings. The van der Waals surface area contributed by atoms with Crippen molar-refractivity contribution in [3.63, 3.8) is 0 Å². The van der Waals surface area contributed by atoms with Crippen LogP contribution in [0.2, 0.25) is 0 Å². The van der Waals surface area contributed by atoms with Crippen molar-refractivity contribution in [1.82, 2.24) is 30.0 Å². The van der Waals surface area contributed by atoms with E-state index in [4.69, 9.17) is 5.11 Å². The third-order valence-electron chi connectivity index (χ3n) is 4.05. The lowest BCUT2D eigenvalue weighted by atomic mass is 10.2. The van der Waals surface area contributed by atoms with Crippen LogP contribution in [0.4, 0.5) is 0 Å². The molecule has 28 heavy (non-hydrogen) atoms. The van der Waals surface area contributed by atoms with Crippen LogP contribution in [0.1, 0.15) is 10.4 Å². The van der Waals surface area contributed by atoms with Crippen LogP contribution < -0.4 is 0 Å². The SMILES string of the molecule is O=C(SC1CSc2cnnn2C1)c1ccccc1.OC1CSc2cnnn2C1. The Morgan fingerprint density at radius 1 is 1.00 bits per heavy atom. The topological polar surface area (TPSA) is 98.7 Å². The minimum absolute atomic E-state index is 0.129. The minimum Gasteiger partial charge on any atom is -0.390 e. The number of thioether (sulfide) groups is 3. The van der Waals surface area contributed by atoms with E-state index in [9.17, 15) is 4.79 Å². The fourth-order valence-corrected chi connectivity index (χ4v) is 5.66. The van der Waals surface area contributed by atoms with Crippen LogP contribution >= 0.6 is 35.3 Å². The molecule has 146 valence electrons. The molecule has 0 radical (unpaired) electrons. The van der Waals surface area contributed by atoms with Gasteiger partial charge in [-0.2, -0.15) is 0 Å². The summed E-state index contributed by atoms with van der Waals surface area (Å²) in [6.07, 6.45) is 3.22. The smallest absolute Gasteiger partial charge is 0.219 e. The number of benzene rings is 1. The number of hydrogen-bond acceptors (Lipinski definition) is 9. The summed E-state index contributed by atoms with van der Waals surface area (Å²) < 4.78 is 3.59. The molecule has 0 saturated carbocycles. The quantitative estimate of drug-likeness (QED) is 0.650. The molecule has 0 aliphatic carbocycles. The van der Waals surface area contributed by atoms with Gasteiger partial charge in [0.25, 0.3) is 0 Å². The van der Waals surface area contributed by atoms with Gasteiger partial charge < -0.3 is 5.11 Å². The van der Waals surface area contributed by atoms with E-state index >= 15 is 0 Å². The maximum absolute atomic E-state index is 12.1. The zero-order valence-corrected chi connectivity index (χ0v) is 17.2. The van der Waals surface area contributed by atoms with Crippen LogP contribution in [-0.4, -0.2) is 63.1 Å². The van der Waals surface area contributed by atoms with Crippen LogP contribution in [0.15, 0.2) is 52.8 Å². The van der Waals surface area contributed by atoms with E-state index in [1.54, 1.807) is 40.6 Å². The van der Waals surface area contributed by atoms with Gasteiger partial charge in [-0.25, -0.2) is 9.36 Å². The zero-order chi connectivity index (χ0) is 19.3. The van der Waals surface area contributed by atoms with Gasteiger partial charge in [-0.3, -0.25) is 4.79 Å². The Morgan fingerprint density at radius 2 is 1.64 bits per heavy atom. The Hall–Kier alpha value is -1.82. The number of carbonyl (C=O) groups excluding carboxylic acids is 1. The number of aliphatic hydroxyl groups is 1. The third-order valence-corrected chi connectivity index (χ3v) is 7.70. The van der Waals surface area contributed by atoms with Crippen LogP contribution in [0.3, 0.4) is 0 Å². The van der Waals surface area contributed by atoms with E-state index in [1.807, 2.05) is 35.0 Å². The molecule has 1 aromatic carbocycles. The monoisotopic (exact) mass is 434 g/mol. The van der Waals surface area contributed by atoms with Gasteiger partial charge in [-0.15, -0.1) is 33.7 Å². The summed E-state index contributed by atoms with van der Waals surface area (Å²) in [5.41, 5.74) is 0.761. The Balaban J connectivity index is 0.000000162. The second-order valence-corrected chi connectivity index (χ2v) is 9.53. The molecule has 2 unspecified atom stereocenters. The van der Waals surface area contributed by atoms with E-state index in [0.717, 1.165) is 33.7 Å². The average molecular weight is 435 g/mol. The first-order chi connectivity index (χ1) is 13.7. The van der Waals surface area contributed by atoms with E-state index in [-0.39, 0.29) is 16.5 Å². The second-order valence-electron chi connectivity index (χ2n) is 6.18. The normalized spacial score (nSPS) is 20.5. The number of aliphatic hydroxyl groups excluding tert-OH is 1. The van der Waals surface area contributed by atoms with Crippen LogP contribution in [0.5, 0.6) is 0 Å². The Morgan fingerprint density at radius 3 is 2.36 bits per heavy atom. The second kappa shape index (κ2) is 9.12. The average Bonchev–Trinajstić information content (AvgIpc) is 3.37. The Bertz CT molecular complexity index is 932. The molecule has 5 rings (SSSR count). The van der Waals surface area contributed by atoms with Crippen molar-refractivity contribution < 1.29 is 9.90 Å². The fourth-order valence-electron chi connectivity index (χ4n) is 2.70.